The fourth-order valence-corrected chi connectivity index (χ4v) is 0.188. The van der Waals surface area contributed by atoms with E-state index in [-0.39, 0.29) is 24.8 Å². The van der Waals surface area contributed by atoms with Gasteiger partial charge in [-0.15, -0.1) is 24.8 Å². The quantitative estimate of drug-likeness (QED) is 0.595. The summed E-state index contributed by atoms with van der Waals surface area (Å²) in [5, 5.41) is 8.64. The molecule has 0 aromatic rings. The first-order valence-corrected chi connectivity index (χ1v) is 2.26. The standard InChI is InChI=1S/C6H14N2O2.2ClH/c7-4-2-1-3-5(8)6(9)10;;/h5H,1-4,7-8H2,(H,9,10);2*1H/t5-;;/m0../s1/i1D2,2D2,3D2,4D2,5D,7+1,8+1;;. The maximum Gasteiger partial charge on any atom is 0.320 e. The highest BCUT2D eigenvalue weighted by Crippen LogP contribution is 1.96. The van der Waals surface area contributed by atoms with Gasteiger partial charge in [0.1, 0.15) is 6.02 Å². The van der Waals surface area contributed by atoms with Crippen LogP contribution in [0.2, 0.25) is 0 Å². The summed E-state index contributed by atoms with van der Waals surface area (Å²) in [7, 11) is 0. The van der Waals surface area contributed by atoms with Crippen molar-refractivity contribution in [3.8, 4) is 0 Å². The fourth-order valence-electron chi connectivity index (χ4n) is 0.188. The Morgan fingerprint density at radius 3 is 2.42 bits per heavy atom. The first kappa shape index (κ1) is 4.46. The lowest BCUT2D eigenvalue weighted by Crippen LogP contribution is -2.29. The Kier molecular flexibility index (Phi) is 4.08. The summed E-state index contributed by atoms with van der Waals surface area (Å²) in [5.41, 5.74) is 9.70. The average molecular weight is 230 g/mol. The van der Waals surface area contributed by atoms with E-state index >= 15 is 0 Å². The molecule has 0 aliphatic heterocycles. The lowest BCUT2D eigenvalue weighted by atomic mass is 10.1. The molecule has 0 aliphatic rings. The molecule has 0 spiro atoms. The maximum absolute atomic E-state index is 10.7. The summed E-state index contributed by atoms with van der Waals surface area (Å²) in [4.78, 5) is 10.7. The predicted molar refractivity (Wildman–Crippen MR) is 53.0 cm³/mol. The largest absolute Gasteiger partial charge is 0.480 e. The van der Waals surface area contributed by atoms with Gasteiger partial charge in [0.15, 0.2) is 0 Å². The summed E-state index contributed by atoms with van der Waals surface area (Å²) in [6.07, 6.45) is -11.2. The first-order chi connectivity index (χ1) is 7.94. The molecule has 6 heteroatoms. The SMILES string of the molecule is Cl.Cl.[2H]C([2H])([15NH2])C([2H])([2H])C([2H])([2H])C([2H])([2H])[C@]([2H])([15NH2])C(=O)O. The van der Waals surface area contributed by atoms with Gasteiger partial charge in [0.25, 0.3) is 0 Å². The first-order valence-electron chi connectivity index (χ1n) is 6.76. The van der Waals surface area contributed by atoms with Crippen molar-refractivity contribution in [2.24, 2.45) is 11.5 Å². The number of carboxylic acid groups (broad SMARTS) is 1. The Morgan fingerprint density at radius 1 is 1.58 bits per heavy atom. The zero-order valence-electron chi connectivity index (χ0n) is 14.8. The number of carboxylic acids is 1. The second kappa shape index (κ2) is 11.0. The molecule has 1 atom stereocenters. The van der Waals surface area contributed by atoms with E-state index in [1.54, 1.807) is 0 Å². The highest BCUT2D eigenvalue weighted by atomic mass is 35.5. The van der Waals surface area contributed by atoms with E-state index in [1.807, 2.05) is 0 Å². The molecule has 4 nitrogen and oxygen atoms in total. The predicted octanol–water partition coefficient (Wildman–Crippen LogP) is 0.371. The monoisotopic (exact) mass is 229 g/mol. The van der Waals surface area contributed by atoms with Crippen molar-refractivity contribution in [3.05, 3.63) is 0 Å². The van der Waals surface area contributed by atoms with Gasteiger partial charge in [0, 0.05) is 11.0 Å². The van der Waals surface area contributed by atoms with E-state index in [0.29, 0.717) is 0 Å². The molecule has 0 radical (unpaired) electrons. The summed E-state index contributed by atoms with van der Waals surface area (Å²) in [5.74, 6) is -2.23. The number of rotatable bonds is 5. The summed E-state index contributed by atoms with van der Waals surface area (Å²) in [6, 6.07) is -3.53. The number of hydrogen-bond donors (Lipinski definition) is 3. The van der Waals surface area contributed by atoms with Gasteiger partial charge < -0.3 is 16.6 Å². The van der Waals surface area contributed by atoms with Crippen LogP contribution < -0.4 is 11.5 Å². The van der Waals surface area contributed by atoms with Gasteiger partial charge >= 0.3 is 5.97 Å². The normalized spacial score (nSPS) is 29.3. The van der Waals surface area contributed by atoms with Crippen LogP contribution >= 0.6 is 24.8 Å². The molecule has 0 unspecified atom stereocenters. The number of nitrogens with two attached hydrogens (primary N) is 2. The Balaban J connectivity index is -0.00000162. The van der Waals surface area contributed by atoms with Crippen LogP contribution in [0.1, 0.15) is 31.5 Å². The van der Waals surface area contributed by atoms with Gasteiger partial charge in [0.2, 0.25) is 0 Å². The fraction of sp³-hybridized carbons (Fsp3) is 0.833. The molecule has 12 heavy (non-hydrogen) atoms. The van der Waals surface area contributed by atoms with Crippen molar-refractivity contribution < 1.29 is 22.2 Å². The minimum Gasteiger partial charge on any atom is -0.480 e. The van der Waals surface area contributed by atoms with Crippen molar-refractivity contribution in [2.45, 2.75) is 25.1 Å². The lowest BCUT2D eigenvalue weighted by molar-refractivity contribution is -0.138. The molecule has 0 rings (SSSR count). The average Bonchev–Trinajstić information content (AvgIpc) is 2.14. The maximum atomic E-state index is 10.7. The van der Waals surface area contributed by atoms with Crippen molar-refractivity contribution in [1.82, 2.24) is 0 Å². The van der Waals surface area contributed by atoms with Crippen LogP contribution in [0.25, 0.3) is 0 Å². The van der Waals surface area contributed by atoms with Crippen LogP contribution in [0.15, 0.2) is 0 Å². The van der Waals surface area contributed by atoms with Crippen molar-refractivity contribution in [3.63, 3.8) is 0 Å². The van der Waals surface area contributed by atoms with Gasteiger partial charge in [0.05, 0.1) is 1.37 Å². The molecule has 0 saturated carbocycles. The molecular weight excluding hydrogens is 205 g/mol. The van der Waals surface area contributed by atoms with Gasteiger partial charge in [-0.2, -0.15) is 0 Å². The third-order valence-corrected chi connectivity index (χ3v) is 0.562. The van der Waals surface area contributed by atoms with Crippen LogP contribution in [-0.4, -0.2) is 23.6 Å². The van der Waals surface area contributed by atoms with Gasteiger partial charge in [-0.3, -0.25) is 4.79 Å². The number of hydrogen-bond acceptors (Lipinski definition) is 3. The molecule has 0 aromatic carbocycles. The minimum absolute atomic E-state index is 0. The minimum atomic E-state index is -3.78. The van der Waals surface area contributed by atoms with Crippen molar-refractivity contribution >= 4 is 30.8 Å². The van der Waals surface area contributed by atoms with E-state index in [1.165, 1.54) is 0 Å². The molecular formula is C6H16Cl2N2O2. The topological polar surface area (TPSA) is 89.3 Å². The van der Waals surface area contributed by atoms with Crippen LogP contribution in [-0.2, 0) is 4.79 Å². The van der Waals surface area contributed by atoms with Gasteiger partial charge in [-0.1, -0.05) is 6.37 Å². The van der Waals surface area contributed by atoms with E-state index in [0.717, 1.165) is 0 Å². The van der Waals surface area contributed by atoms with E-state index in [2.05, 4.69) is 0 Å². The third-order valence-electron chi connectivity index (χ3n) is 0.562. The Bertz CT molecular complexity index is 385. The second-order valence-corrected chi connectivity index (χ2v) is 1.24. The van der Waals surface area contributed by atoms with E-state index in [9.17, 15) is 4.79 Å². The van der Waals surface area contributed by atoms with Gasteiger partial charge in [-0.05, 0) is 19.2 Å². The highest BCUT2D eigenvalue weighted by molar-refractivity contribution is 5.85. The zero-order valence-corrected chi connectivity index (χ0v) is 7.46. The number of carbonyl (C=O) groups is 1. The molecule has 5 N–H and O–H groups in total. The molecule has 0 fully saturated rings. The summed E-state index contributed by atoms with van der Waals surface area (Å²) in [6.45, 7) is -3.32. The molecule has 0 amide bonds. The van der Waals surface area contributed by atoms with E-state index in [4.69, 9.17) is 28.9 Å². The molecule has 0 aliphatic carbocycles. The second-order valence-electron chi connectivity index (χ2n) is 1.24. The third kappa shape index (κ3) is 9.97. The van der Waals surface area contributed by atoms with E-state index < -0.39 is 37.6 Å². The highest BCUT2D eigenvalue weighted by Gasteiger charge is 2.09. The number of aliphatic carboxylic acids is 1. The van der Waals surface area contributed by atoms with Crippen molar-refractivity contribution in [2.75, 3.05) is 6.50 Å². The lowest BCUT2D eigenvalue weighted by Gasteiger charge is -2.03. The Labute approximate surface area is 97.2 Å². The van der Waals surface area contributed by atoms with Crippen LogP contribution in [0.5, 0.6) is 0 Å². The summed E-state index contributed by atoms with van der Waals surface area (Å²) < 4.78 is 65.1. The Hall–Kier alpha value is -0.0300. The van der Waals surface area contributed by atoms with Crippen molar-refractivity contribution in [1.29, 1.82) is 0 Å². The van der Waals surface area contributed by atoms with Crippen LogP contribution in [0.4, 0.5) is 0 Å². The summed E-state index contributed by atoms with van der Waals surface area (Å²) >= 11 is 0. The molecule has 0 bridgehead atoms. The molecule has 76 valence electrons. The van der Waals surface area contributed by atoms with Gasteiger partial charge in [-0.25, -0.2) is 0 Å². The Morgan fingerprint density at radius 2 is 2.08 bits per heavy atom. The zero-order chi connectivity index (χ0) is 16.1. The molecule has 0 aromatic heterocycles. The smallest absolute Gasteiger partial charge is 0.320 e. The number of halogens is 2. The molecule has 0 heterocycles. The molecule has 0 saturated heterocycles. The van der Waals surface area contributed by atoms with Crippen LogP contribution in [0, 0.1) is 0 Å². The van der Waals surface area contributed by atoms with Crippen LogP contribution in [0.3, 0.4) is 0 Å².